The lowest BCUT2D eigenvalue weighted by molar-refractivity contribution is 0.636. The van der Waals surface area contributed by atoms with Crippen molar-refractivity contribution >= 4 is 16.6 Å². The third-order valence-corrected chi connectivity index (χ3v) is 2.50. The monoisotopic (exact) mass is 214 g/mol. The van der Waals surface area contributed by atoms with Crippen LogP contribution in [-0.4, -0.2) is 9.38 Å². The van der Waals surface area contributed by atoms with E-state index < -0.39 is 5.82 Å². The van der Waals surface area contributed by atoms with Gasteiger partial charge in [0.05, 0.1) is 5.39 Å². The summed E-state index contributed by atoms with van der Waals surface area (Å²) in [7, 11) is 0. The summed E-state index contributed by atoms with van der Waals surface area (Å²) < 4.78 is 14.9. The molecule has 0 fully saturated rings. The van der Waals surface area contributed by atoms with Gasteiger partial charge in [-0.3, -0.25) is 9.20 Å². The van der Waals surface area contributed by atoms with Crippen molar-refractivity contribution < 1.29 is 4.39 Å². The molecule has 0 aliphatic rings. The molecule has 16 heavy (non-hydrogen) atoms. The van der Waals surface area contributed by atoms with Gasteiger partial charge in [-0.2, -0.15) is 0 Å². The van der Waals surface area contributed by atoms with E-state index in [-0.39, 0.29) is 11.1 Å². The number of rotatable bonds is 0. The highest BCUT2D eigenvalue weighted by molar-refractivity contribution is 5.80. The molecule has 0 spiro atoms. The zero-order chi connectivity index (χ0) is 11.1. The van der Waals surface area contributed by atoms with Crippen molar-refractivity contribution in [3.05, 3.63) is 58.8 Å². The third-order valence-electron chi connectivity index (χ3n) is 2.50. The van der Waals surface area contributed by atoms with Crippen LogP contribution in [0.3, 0.4) is 0 Å². The summed E-state index contributed by atoms with van der Waals surface area (Å²) in [6.45, 7) is 0. The average Bonchev–Trinajstić information content (AvgIpc) is 2.31. The van der Waals surface area contributed by atoms with Crippen molar-refractivity contribution in [2.45, 2.75) is 0 Å². The molecule has 2 aromatic heterocycles. The minimum Gasteiger partial charge on any atom is -0.268 e. The molecular formula is C12H7FN2O. The van der Waals surface area contributed by atoms with E-state index in [1.54, 1.807) is 30.5 Å². The minimum atomic E-state index is -0.471. The molecule has 0 N–H and O–H groups in total. The van der Waals surface area contributed by atoms with Gasteiger partial charge in [0, 0.05) is 6.20 Å². The first kappa shape index (κ1) is 9.03. The lowest BCUT2D eigenvalue weighted by Gasteiger charge is -2.02. The Morgan fingerprint density at radius 2 is 2.00 bits per heavy atom. The normalized spacial score (nSPS) is 11.1. The molecule has 0 unspecified atom stereocenters. The number of pyridine rings is 1. The zero-order valence-electron chi connectivity index (χ0n) is 8.22. The fourth-order valence-corrected chi connectivity index (χ4v) is 1.74. The second-order valence-corrected chi connectivity index (χ2v) is 3.48. The van der Waals surface area contributed by atoms with E-state index in [0.717, 1.165) is 0 Å². The summed E-state index contributed by atoms with van der Waals surface area (Å²) in [6, 6.07) is 9.56. The van der Waals surface area contributed by atoms with Gasteiger partial charge in [-0.25, -0.2) is 9.37 Å². The highest BCUT2D eigenvalue weighted by Gasteiger charge is 2.07. The van der Waals surface area contributed by atoms with Crippen LogP contribution in [0.4, 0.5) is 4.39 Å². The molecule has 2 heterocycles. The number of hydrogen-bond donors (Lipinski definition) is 0. The van der Waals surface area contributed by atoms with Crippen LogP contribution >= 0.6 is 0 Å². The number of nitrogens with zero attached hydrogens (tertiary/aromatic N) is 2. The van der Waals surface area contributed by atoms with Gasteiger partial charge in [-0.15, -0.1) is 0 Å². The molecule has 1 aromatic carbocycles. The molecule has 0 atom stereocenters. The van der Waals surface area contributed by atoms with Crippen LogP contribution in [0.2, 0.25) is 0 Å². The first-order valence-corrected chi connectivity index (χ1v) is 4.83. The number of hydrogen-bond acceptors (Lipinski definition) is 2. The van der Waals surface area contributed by atoms with E-state index >= 15 is 0 Å². The summed E-state index contributed by atoms with van der Waals surface area (Å²) in [5, 5.41) is 0.295. The van der Waals surface area contributed by atoms with Crippen LogP contribution < -0.4 is 5.56 Å². The van der Waals surface area contributed by atoms with Crippen LogP contribution in [0, 0.1) is 5.82 Å². The maximum Gasteiger partial charge on any atom is 0.265 e. The van der Waals surface area contributed by atoms with E-state index in [2.05, 4.69) is 4.98 Å². The first-order valence-electron chi connectivity index (χ1n) is 4.83. The maximum atomic E-state index is 13.5. The van der Waals surface area contributed by atoms with E-state index in [4.69, 9.17) is 0 Å². The Morgan fingerprint density at radius 3 is 2.88 bits per heavy atom. The highest BCUT2D eigenvalue weighted by Crippen LogP contribution is 2.12. The van der Waals surface area contributed by atoms with Crippen LogP contribution in [-0.2, 0) is 0 Å². The van der Waals surface area contributed by atoms with Crippen molar-refractivity contribution in [2.75, 3.05) is 0 Å². The first-order chi connectivity index (χ1) is 7.77. The molecule has 0 saturated heterocycles. The Hall–Kier alpha value is -2.23. The van der Waals surface area contributed by atoms with Crippen molar-refractivity contribution in [1.29, 1.82) is 0 Å². The summed E-state index contributed by atoms with van der Waals surface area (Å²) in [5.41, 5.74) is 0.323. The Morgan fingerprint density at radius 1 is 1.12 bits per heavy atom. The number of halogens is 1. The fraction of sp³-hybridized carbons (Fsp3) is 0. The van der Waals surface area contributed by atoms with Crippen molar-refractivity contribution in [1.82, 2.24) is 9.38 Å². The Kier molecular flexibility index (Phi) is 1.77. The number of benzene rings is 1. The molecule has 0 radical (unpaired) electrons. The molecule has 3 aromatic rings. The van der Waals surface area contributed by atoms with Gasteiger partial charge in [0.15, 0.2) is 0 Å². The van der Waals surface area contributed by atoms with Crippen LogP contribution in [0.25, 0.3) is 16.6 Å². The van der Waals surface area contributed by atoms with Crippen LogP contribution in [0.5, 0.6) is 0 Å². The summed E-state index contributed by atoms with van der Waals surface area (Å²) in [5.74, 6) is -0.471. The van der Waals surface area contributed by atoms with Gasteiger partial charge in [0.1, 0.15) is 17.0 Å². The quantitative estimate of drug-likeness (QED) is 0.536. The Labute approximate surface area is 89.8 Å². The molecule has 0 aliphatic carbocycles. The lowest BCUT2D eigenvalue weighted by Crippen LogP contribution is -2.15. The smallest absolute Gasteiger partial charge is 0.265 e. The predicted molar refractivity (Wildman–Crippen MR) is 58.9 cm³/mol. The van der Waals surface area contributed by atoms with Gasteiger partial charge >= 0.3 is 0 Å². The fourth-order valence-electron chi connectivity index (χ4n) is 1.74. The maximum absolute atomic E-state index is 13.5. The predicted octanol–water partition coefficient (Wildman–Crippen LogP) is 1.99. The summed E-state index contributed by atoms with van der Waals surface area (Å²) in [6.07, 6.45) is 1.62. The van der Waals surface area contributed by atoms with Crippen molar-refractivity contribution in [3.8, 4) is 0 Å². The van der Waals surface area contributed by atoms with Crippen LogP contribution in [0.15, 0.2) is 47.4 Å². The molecule has 0 amide bonds. The molecule has 0 bridgehead atoms. The van der Waals surface area contributed by atoms with E-state index in [1.165, 1.54) is 16.5 Å². The largest absolute Gasteiger partial charge is 0.268 e. The van der Waals surface area contributed by atoms with Crippen molar-refractivity contribution in [3.63, 3.8) is 0 Å². The SMILES string of the molecule is O=c1c2cccc(F)c2nc2ccccn12. The van der Waals surface area contributed by atoms with Gasteiger partial charge in [-0.1, -0.05) is 12.1 Å². The van der Waals surface area contributed by atoms with E-state index in [1.807, 2.05) is 0 Å². The number of fused-ring (bicyclic) bond motifs is 2. The average molecular weight is 214 g/mol. The van der Waals surface area contributed by atoms with Gasteiger partial charge in [0.25, 0.3) is 5.56 Å². The molecule has 3 rings (SSSR count). The van der Waals surface area contributed by atoms with Gasteiger partial charge < -0.3 is 0 Å². The molecule has 3 nitrogen and oxygen atoms in total. The molecule has 78 valence electrons. The highest BCUT2D eigenvalue weighted by atomic mass is 19.1. The van der Waals surface area contributed by atoms with Crippen molar-refractivity contribution in [2.24, 2.45) is 0 Å². The molecule has 4 heteroatoms. The van der Waals surface area contributed by atoms with Gasteiger partial charge in [0.2, 0.25) is 0 Å². The second kappa shape index (κ2) is 3.13. The Bertz CT molecular complexity index is 749. The molecule has 0 aliphatic heterocycles. The number of aromatic nitrogens is 2. The Balaban J connectivity index is 2.67. The standard InChI is InChI=1S/C12H7FN2O/c13-9-5-3-4-8-11(9)14-10-6-1-2-7-15(10)12(8)16/h1-7H. The topological polar surface area (TPSA) is 34.4 Å². The van der Waals surface area contributed by atoms with Gasteiger partial charge in [-0.05, 0) is 24.3 Å². The molecule has 0 saturated carbocycles. The number of para-hydroxylation sites is 1. The minimum absolute atomic E-state index is 0.124. The second-order valence-electron chi connectivity index (χ2n) is 3.48. The molecular weight excluding hydrogens is 207 g/mol. The summed E-state index contributed by atoms with van der Waals surface area (Å²) in [4.78, 5) is 16.1. The van der Waals surface area contributed by atoms with Crippen LogP contribution in [0.1, 0.15) is 0 Å². The van der Waals surface area contributed by atoms with E-state index in [0.29, 0.717) is 11.0 Å². The van der Waals surface area contributed by atoms with E-state index in [9.17, 15) is 9.18 Å². The zero-order valence-corrected chi connectivity index (χ0v) is 8.22. The third kappa shape index (κ3) is 1.13. The lowest BCUT2D eigenvalue weighted by atomic mass is 10.2. The summed E-state index contributed by atoms with van der Waals surface area (Å²) >= 11 is 0.